The molecule has 1 unspecified atom stereocenters. The fraction of sp³-hybridized carbons (Fsp3) is 0.516. The van der Waals surface area contributed by atoms with E-state index in [0.717, 1.165) is 0 Å². The number of carbonyl (C=O) groups is 2. The molecule has 0 radical (unpaired) electrons. The lowest BCUT2D eigenvalue weighted by Crippen LogP contribution is -2.55. The van der Waals surface area contributed by atoms with Gasteiger partial charge in [0.2, 0.25) is 0 Å². The van der Waals surface area contributed by atoms with Crippen molar-refractivity contribution in [3.63, 3.8) is 0 Å². The molecule has 12 heteroatoms. The third kappa shape index (κ3) is 8.82. The highest BCUT2D eigenvalue weighted by molar-refractivity contribution is 6.75. The third-order valence-electron chi connectivity index (χ3n) is 8.52. The van der Waals surface area contributed by atoms with Gasteiger partial charge in [-0.05, 0) is 86.0 Å². The number of anilines is 1. The van der Waals surface area contributed by atoms with E-state index in [2.05, 4.69) is 50.0 Å². The largest absolute Gasteiger partial charge is 0.542 e. The molecule has 0 aliphatic carbocycles. The average Bonchev–Trinajstić information content (AvgIpc) is 2.87. The molecular formula is C31H46ClFN4O4Si2. The number of hydrazine groups is 1. The zero-order valence-electron chi connectivity index (χ0n) is 27.4. The van der Waals surface area contributed by atoms with Gasteiger partial charge in [-0.3, -0.25) is 20.4 Å². The normalized spacial score (nSPS) is 13.9. The van der Waals surface area contributed by atoms with Gasteiger partial charge >= 0.3 is 0 Å². The molecule has 2 aromatic carbocycles. The summed E-state index contributed by atoms with van der Waals surface area (Å²) >= 11 is 6.39. The minimum atomic E-state index is -2.37. The van der Waals surface area contributed by atoms with Gasteiger partial charge < -0.3 is 14.2 Å². The Labute approximate surface area is 262 Å². The Morgan fingerprint density at radius 1 is 0.977 bits per heavy atom. The van der Waals surface area contributed by atoms with Crippen LogP contribution in [0, 0.1) is 24.1 Å². The maximum absolute atomic E-state index is 14.6. The molecule has 2 aromatic rings. The fourth-order valence-electron chi connectivity index (χ4n) is 3.62. The zero-order chi connectivity index (χ0) is 33.1. The van der Waals surface area contributed by atoms with Crippen LogP contribution in [0.15, 0.2) is 30.3 Å². The first-order valence-electron chi connectivity index (χ1n) is 14.2. The summed E-state index contributed by atoms with van der Waals surface area (Å²) in [6.07, 6.45) is -0.609. The molecule has 0 aromatic heterocycles. The molecule has 0 saturated heterocycles. The second-order valence-corrected chi connectivity index (χ2v) is 23.7. The summed E-state index contributed by atoms with van der Waals surface area (Å²) in [4.78, 5) is 26.7. The summed E-state index contributed by atoms with van der Waals surface area (Å²) in [6, 6.07) is 8.22. The molecule has 236 valence electrons. The van der Waals surface area contributed by atoms with Crippen molar-refractivity contribution in [3.8, 4) is 11.8 Å². The predicted molar refractivity (Wildman–Crippen MR) is 176 cm³/mol. The van der Waals surface area contributed by atoms with Gasteiger partial charge in [-0.15, -0.1) is 0 Å². The Morgan fingerprint density at radius 2 is 1.56 bits per heavy atom. The van der Waals surface area contributed by atoms with Crippen LogP contribution in [-0.2, 0) is 9.22 Å². The van der Waals surface area contributed by atoms with Crippen LogP contribution in [0.2, 0.25) is 41.3 Å². The van der Waals surface area contributed by atoms with Crippen molar-refractivity contribution >= 4 is 45.7 Å². The summed E-state index contributed by atoms with van der Waals surface area (Å²) in [5, 5.41) is 12.5. The van der Waals surface area contributed by atoms with Gasteiger partial charge in [0.1, 0.15) is 17.9 Å². The summed E-state index contributed by atoms with van der Waals surface area (Å²) < 4.78 is 27.3. The number of nitrogens with one attached hydrogen (secondary N) is 3. The van der Waals surface area contributed by atoms with E-state index in [0.29, 0.717) is 16.8 Å². The fourth-order valence-corrected chi connectivity index (χ4v) is 6.26. The Morgan fingerprint density at radius 3 is 2.09 bits per heavy atom. The van der Waals surface area contributed by atoms with E-state index in [-0.39, 0.29) is 26.4 Å². The highest BCUT2D eigenvalue weighted by atomic mass is 35.5. The molecule has 2 amide bonds. The van der Waals surface area contributed by atoms with Crippen LogP contribution in [-0.4, -0.2) is 40.6 Å². The van der Waals surface area contributed by atoms with Gasteiger partial charge in [0.25, 0.3) is 20.1 Å². The molecule has 0 saturated carbocycles. The number of halogens is 2. The quantitative estimate of drug-likeness (QED) is 0.190. The topological polar surface area (TPSA) is 112 Å². The molecule has 0 aliphatic rings. The summed E-state index contributed by atoms with van der Waals surface area (Å²) in [6.45, 7) is 24.1. The monoisotopic (exact) mass is 648 g/mol. The van der Waals surface area contributed by atoms with Crippen molar-refractivity contribution in [2.75, 3.05) is 5.32 Å². The molecule has 0 heterocycles. The number of hydrogen-bond donors (Lipinski definition) is 3. The number of rotatable bonds is 9. The first-order chi connectivity index (χ1) is 19.5. The van der Waals surface area contributed by atoms with E-state index >= 15 is 0 Å². The van der Waals surface area contributed by atoms with Crippen LogP contribution in [0.3, 0.4) is 0 Å². The second kappa shape index (κ2) is 13.4. The average molecular weight is 649 g/mol. The first-order valence-corrected chi connectivity index (χ1v) is 20.4. The Kier molecular flexibility index (Phi) is 11.3. The van der Waals surface area contributed by atoms with Crippen molar-refractivity contribution < 1.29 is 22.8 Å². The Hall–Kier alpha value is -2.92. The van der Waals surface area contributed by atoms with Crippen LogP contribution in [0.25, 0.3) is 0 Å². The minimum absolute atomic E-state index is 0.00493. The van der Waals surface area contributed by atoms with Crippen LogP contribution in [0.4, 0.5) is 10.1 Å². The summed E-state index contributed by atoms with van der Waals surface area (Å²) in [7, 11) is -4.67. The summed E-state index contributed by atoms with van der Waals surface area (Å²) in [5.74, 6) is -1.76. The van der Waals surface area contributed by atoms with Crippen molar-refractivity contribution in [1.29, 1.82) is 5.26 Å². The van der Waals surface area contributed by atoms with Crippen molar-refractivity contribution in [2.45, 2.75) is 104 Å². The second-order valence-electron chi connectivity index (χ2n) is 13.9. The Bertz CT molecular complexity index is 1400. The van der Waals surface area contributed by atoms with Crippen LogP contribution in [0.5, 0.6) is 5.75 Å². The van der Waals surface area contributed by atoms with E-state index < -0.39 is 46.4 Å². The molecule has 43 heavy (non-hydrogen) atoms. The smallest absolute Gasteiger partial charge is 0.269 e. The third-order valence-corrected chi connectivity index (χ3v) is 17.9. The molecule has 2 atom stereocenters. The summed E-state index contributed by atoms with van der Waals surface area (Å²) in [5.41, 5.74) is 6.52. The lowest BCUT2D eigenvalue weighted by molar-refractivity contribution is -0.124. The number of amides is 2. The van der Waals surface area contributed by atoms with Crippen LogP contribution >= 0.6 is 11.6 Å². The highest BCUT2D eigenvalue weighted by Crippen LogP contribution is 2.39. The van der Waals surface area contributed by atoms with Gasteiger partial charge in [-0.25, -0.2) is 4.39 Å². The zero-order valence-corrected chi connectivity index (χ0v) is 30.1. The van der Waals surface area contributed by atoms with Crippen molar-refractivity contribution in [1.82, 2.24) is 10.9 Å². The van der Waals surface area contributed by atoms with E-state index in [1.165, 1.54) is 18.2 Å². The SMILES string of the molecule is Cc1c(N[C@H](C(=O)NNC(=O)c2ccc(F)c(O[Si](C)(C)C(C)(C)C)c2)C(C)O[Si](C)(C)C(C)(C)C)ccc(C#N)c1Cl. The number of hydrogen-bond acceptors (Lipinski definition) is 6. The van der Waals surface area contributed by atoms with Gasteiger partial charge in [0, 0.05) is 11.3 Å². The van der Waals surface area contributed by atoms with Crippen LogP contribution < -0.4 is 20.6 Å². The molecule has 0 fully saturated rings. The Balaban J connectivity index is 2.33. The molecule has 8 nitrogen and oxygen atoms in total. The van der Waals surface area contributed by atoms with E-state index in [9.17, 15) is 19.2 Å². The van der Waals surface area contributed by atoms with Crippen LogP contribution in [0.1, 0.15) is 70.0 Å². The molecule has 3 N–H and O–H groups in total. The lowest BCUT2D eigenvalue weighted by atomic mass is 10.1. The predicted octanol–water partition coefficient (Wildman–Crippen LogP) is 7.70. The number of carbonyl (C=O) groups excluding carboxylic acids is 2. The van der Waals surface area contributed by atoms with E-state index in [4.69, 9.17) is 20.5 Å². The standard InChI is InChI=1S/C31H46ClFN4O4Si2/c1-19-24(16-14-22(18-34)26(19)32)35-27(20(2)40-42(9,10)30(3,4)5)29(39)37-36-28(38)21-13-15-23(33)25(17-21)41-43(11,12)31(6,7)8/h13-17,20,27,35H,1-12H3,(H,36,38)(H,37,39)/t20?,27-/m0/s1. The highest BCUT2D eigenvalue weighted by Gasteiger charge is 2.41. The molecule has 2 rings (SSSR count). The number of nitrogens with zero attached hydrogens (tertiary/aromatic N) is 1. The maximum atomic E-state index is 14.6. The van der Waals surface area contributed by atoms with E-state index in [1.807, 2.05) is 39.9 Å². The number of nitriles is 1. The minimum Gasteiger partial charge on any atom is -0.542 e. The molecule has 0 spiro atoms. The van der Waals surface area contributed by atoms with Gasteiger partial charge in [0.05, 0.1) is 16.7 Å². The number of benzene rings is 2. The van der Waals surface area contributed by atoms with Gasteiger partial charge in [-0.2, -0.15) is 5.26 Å². The van der Waals surface area contributed by atoms with Crippen molar-refractivity contribution in [2.24, 2.45) is 0 Å². The van der Waals surface area contributed by atoms with Crippen molar-refractivity contribution in [3.05, 3.63) is 57.9 Å². The molecular weight excluding hydrogens is 603 g/mol. The van der Waals surface area contributed by atoms with Gasteiger partial charge in [-0.1, -0.05) is 53.1 Å². The maximum Gasteiger partial charge on any atom is 0.269 e. The molecule has 0 bridgehead atoms. The lowest BCUT2D eigenvalue weighted by Gasteiger charge is -2.40. The first kappa shape index (κ1) is 36.3. The molecule has 0 aliphatic heterocycles. The van der Waals surface area contributed by atoms with Gasteiger partial charge in [0.15, 0.2) is 14.1 Å². The van der Waals surface area contributed by atoms with E-state index in [1.54, 1.807) is 26.0 Å².